The number of rotatable bonds is 3. The fourth-order valence-electron chi connectivity index (χ4n) is 2.28. The van der Waals surface area contributed by atoms with Crippen molar-refractivity contribution in [2.75, 3.05) is 13.1 Å². The van der Waals surface area contributed by atoms with Crippen LogP contribution in [0, 0.1) is 5.92 Å². The lowest BCUT2D eigenvalue weighted by Gasteiger charge is -2.30. The Morgan fingerprint density at radius 2 is 1.74 bits per heavy atom. The molecule has 1 aromatic rings. The number of amides is 1. The highest BCUT2D eigenvalue weighted by Crippen LogP contribution is 2.18. The van der Waals surface area contributed by atoms with Gasteiger partial charge in [0, 0.05) is 13.1 Å². The van der Waals surface area contributed by atoms with E-state index in [2.05, 4.69) is 0 Å². The van der Waals surface area contributed by atoms with Gasteiger partial charge in [-0.2, -0.15) is 0 Å². The van der Waals surface area contributed by atoms with Gasteiger partial charge >= 0.3 is 5.97 Å². The number of phenols is 1. The van der Waals surface area contributed by atoms with Gasteiger partial charge in [0.05, 0.1) is 12.3 Å². The molecule has 5 nitrogen and oxygen atoms in total. The first-order chi connectivity index (χ1) is 9.06. The minimum absolute atomic E-state index is 0.00882. The molecule has 19 heavy (non-hydrogen) atoms. The van der Waals surface area contributed by atoms with Crippen molar-refractivity contribution in [1.29, 1.82) is 0 Å². The van der Waals surface area contributed by atoms with E-state index in [1.165, 1.54) is 0 Å². The van der Waals surface area contributed by atoms with Gasteiger partial charge in [-0.15, -0.1) is 0 Å². The van der Waals surface area contributed by atoms with Gasteiger partial charge in [-0.25, -0.2) is 0 Å². The van der Waals surface area contributed by atoms with Gasteiger partial charge < -0.3 is 15.1 Å². The average Bonchev–Trinajstić information content (AvgIpc) is 2.41. The van der Waals surface area contributed by atoms with Crippen LogP contribution in [0.3, 0.4) is 0 Å². The number of aromatic hydroxyl groups is 1. The molecule has 0 aliphatic carbocycles. The van der Waals surface area contributed by atoms with Gasteiger partial charge in [0.15, 0.2) is 0 Å². The molecule has 1 saturated heterocycles. The maximum absolute atomic E-state index is 12.0. The van der Waals surface area contributed by atoms with E-state index in [1.54, 1.807) is 29.2 Å². The van der Waals surface area contributed by atoms with Crippen molar-refractivity contribution in [2.45, 2.75) is 19.3 Å². The van der Waals surface area contributed by atoms with Crippen molar-refractivity contribution in [1.82, 2.24) is 4.90 Å². The van der Waals surface area contributed by atoms with E-state index in [9.17, 15) is 9.59 Å². The third kappa shape index (κ3) is 3.47. The molecule has 0 saturated carbocycles. The lowest BCUT2D eigenvalue weighted by Crippen LogP contribution is -2.40. The quantitative estimate of drug-likeness (QED) is 0.860. The smallest absolute Gasteiger partial charge is 0.306 e. The molecule has 1 heterocycles. The Labute approximate surface area is 111 Å². The Kier molecular flexibility index (Phi) is 4.04. The monoisotopic (exact) mass is 263 g/mol. The van der Waals surface area contributed by atoms with Gasteiger partial charge in [0.1, 0.15) is 5.75 Å². The zero-order valence-corrected chi connectivity index (χ0v) is 10.6. The lowest BCUT2D eigenvalue weighted by atomic mass is 9.96. The first kappa shape index (κ1) is 13.4. The SMILES string of the molecule is O=C(O)C1CCN(C(=O)Cc2ccc(O)cc2)CC1. The Bertz CT molecular complexity index is 461. The summed E-state index contributed by atoms with van der Waals surface area (Å²) >= 11 is 0. The Balaban J connectivity index is 1.88. The molecule has 2 N–H and O–H groups in total. The molecule has 1 aliphatic rings. The van der Waals surface area contributed by atoms with E-state index in [4.69, 9.17) is 10.2 Å². The summed E-state index contributed by atoms with van der Waals surface area (Å²) in [6.45, 7) is 1.02. The maximum atomic E-state index is 12.0. The second kappa shape index (κ2) is 5.73. The molecule has 0 bridgehead atoms. The van der Waals surface area contributed by atoms with Crippen molar-refractivity contribution in [3.8, 4) is 5.75 Å². The van der Waals surface area contributed by atoms with Crippen LogP contribution in [0.4, 0.5) is 0 Å². The molecule has 0 atom stereocenters. The number of carbonyl (C=O) groups is 2. The van der Waals surface area contributed by atoms with Crippen LogP contribution in [0.15, 0.2) is 24.3 Å². The van der Waals surface area contributed by atoms with Crippen LogP contribution in [-0.4, -0.2) is 40.1 Å². The average molecular weight is 263 g/mol. The van der Waals surface area contributed by atoms with Gasteiger partial charge in [-0.05, 0) is 30.5 Å². The number of carbonyl (C=O) groups excluding carboxylic acids is 1. The predicted molar refractivity (Wildman–Crippen MR) is 68.8 cm³/mol. The molecule has 0 aromatic heterocycles. The zero-order valence-electron chi connectivity index (χ0n) is 10.6. The van der Waals surface area contributed by atoms with Gasteiger partial charge in [-0.3, -0.25) is 9.59 Å². The minimum Gasteiger partial charge on any atom is -0.508 e. The van der Waals surface area contributed by atoms with Crippen molar-refractivity contribution >= 4 is 11.9 Å². The summed E-state index contributed by atoms with van der Waals surface area (Å²) in [7, 11) is 0. The number of benzene rings is 1. The summed E-state index contributed by atoms with van der Waals surface area (Å²) in [6, 6.07) is 6.55. The van der Waals surface area contributed by atoms with Crippen LogP contribution in [0.5, 0.6) is 5.75 Å². The third-order valence-corrected chi connectivity index (χ3v) is 3.49. The van der Waals surface area contributed by atoms with Crippen LogP contribution in [0.2, 0.25) is 0 Å². The standard InChI is InChI=1S/C14H17NO4/c16-12-3-1-10(2-4-12)9-13(17)15-7-5-11(6-8-15)14(18)19/h1-4,11,16H,5-9H2,(H,18,19). The first-order valence-electron chi connectivity index (χ1n) is 6.35. The van der Waals surface area contributed by atoms with Gasteiger partial charge in [0.2, 0.25) is 5.91 Å². The molecule has 102 valence electrons. The minimum atomic E-state index is -0.773. The largest absolute Gasteiger partial charge is 0.508 e. The van der Waals surface area contributed by atoms with Crippen LogP contribution in [0.25, 0.3) is 0 Å². The van der Waals surface area contributed by atoms with Crippen LogP contribution < -0.4 is 0 Å². The predicted octanol–water partition coefficient (Wildman–Crippen LogP) is 1.26. The Morgan fingerprint density at radius 1 is 1.16 bits per heavy atom. The van der Waals surface area contributed by atoms with E-state index in [-0.39, 0.29) is 24.0 Å². The molecular formula is C14H17NO4. The number of likely N-dealkylation sites (tertiary alicyclic amines) is 1. The van der Waals surface area contributed by atoms with E-state index in [1.807, 2.05) is 0 Å². The molecule has 1 aliphatic heterocycles. The highest BCUT2D eigenvalue weighted by molar-refractivity contribution is 5.79. The highest BCUT2D eigenvalue weighted by Gasteiger charge is 2.26. The molecule has 0 spiro atoms. The fourth-order valence-corrected chi connectivity index (χ4v) is 2.28. The summed E-state index contributed by atoms with van der Waals surface area (Å²) in [5.74, 6) is -0.906. The van der Waals surface area contributed by atoms with Crippen molar-refractivity contribution < 1.29 is 19.8 Å². The molecule has 1 fully saturated rings. The molecule has 1 aromatic carbocycles. The number of carboxylic acid groups (broad SMARTS) is 1. The number of aliphatic carboxylic acids is 1. The van der Waals surface area contributed by atoms with Crippen LogP contribution in [0.1, 0.15) is 18.4 Å². The molecule has 1 amide bonds. The van der Waals surface area contributed by atoms with E-state index in [0.29, 0.717) is 25.9 Å². The topological polar surface area (TPSA) is 77.8 Å². The second-order valence-corrected chi connectivity index (χ2v) is 4.84. The van der Waals surface area contributed by atoms with Crippen LogP contribution >= 0.6 is 0 Å². The Morgan fingerprint density at radius 3 is 2.26 bits per heavy atom. The van der Waals surface area contributed by atoms with Crippen LogP contribution in [-0.2, 0) is 16.0 Å². The maximum Gasteiger partial charge on any atom is 0.306 e. The molecule has 0 unspecified atom stereocenters. The lowest BCUT2D eigenvalue weighted by molar-refractivity contribution is -0.145. The van der Waals surface area contributed by atoms with E-state index in [0.717, 1.165) is 5.56 Å². The van der Waals surface area contributed by atoms with E-state index < -0.39 is 5.97 Å². The molecule has 2 rings (SSSR count). The van der Waals surface area contributed by atoms with Gasteiger partial charge in [0.25, 0.3) is 0 Å². The van der Waals surface area contributed by atoms with Crippen molar-refractivity contribution in [2.24, 2.45) is 5.92 Å². The van der Waals surface area contributed by atoms with Gasteiger partial charge in [-0.1, -0.05) is 12.1 Å². The van der Waals surface area contributed by atoms with Crippen molar-refractivity contribution in [3.63, 3.8) is 0 Å². The summed E-state index contributed by atoms with van der Waals surface area (Å²) in [5, 5.41) is 18.1. The van der Waals surface area contributed by atoms with Crippen molar-refractivity contribution in [3.05, 3.63) is 29.8 Å². The van der Waals surface area contributed by atoms with E-state index >= 15 is 0 Å². The normalized spacial score (nSPS) is 16.3. The highest BCUT2D eigenvalue weighted by atomic mass is 16.4. The number of phenolic OH excluding ortho intramolecular Hbond substituents is 1. The summed E-state index contributed by atoms with van der Waals surface area (Å²) in [5.41, 5.74) is 0.850. The summed E-state index contributed by atoms with van der Waals surface area (Å²) < 4.78 is 0. The second-order valence-electron chi connectivity index (χ2n) is 4.84. The first-order valence-corrected chi connectivity index (χ1v) is 6.35. The number of piperidine rings is 1. The zero-order chi connectivity index (χ0) is 13.8. The molecule has 5 heteroatoms. The number of hydrogen-bond acceptors (Lipinski definition) is 3. The summed E-state index contributed by atoms with van der Waals surface area (Å²) in [6.07, 6.45) is 1.34. The Hall–Kier alpha value is -2.04. The molecule has 0 radical (unpaired) electrons. The fraction of sp³-hybridized carbons (Fsp3) is 0.429. The summed E-state index contributed by atoms with van der Waals surface area (Å²) in [4.78, 5) is 24.6. The molecular weight excluding hydrogens is 246 g/mol. The third-order valence-electron chi connectivity index (χ3n) is 3.49. The number of hydrogen-bond donors (Lipinski definition) is 2. The number of carboxylic acids is 1. The number of nitrogens with zero attached hydrogens (tertiary/aromatic N) is 1.